The largest absolute Gasteiger partial charge is 0.317 e. The van der Waals surface area contributed by atoms with Crippen molar-refractivity contribution in [3.63, 3.8) is 0 Å². The van der Waals surface area contributed by atoms with Crippen LogP contribution in [0.3, 0.4) is 0 Å². The fourth-order valence-corrected chi connectivity index (χ4v) is 2.10. The van der Waals surface area contributed by atoms with E-state index in [4.69, 9.17) is 0 Å². The van der Waals surface area contributed by atoms with Crippen molar-refractivity contribution in [2.45, 2.75) is 38.5 Å². The van der Waals surface area contributed by atoms with Gasteiger partial charge in [-0.2, -0.15) is 0 Å². The highest BCUT2D eigenvalue weighted by molar-refractivity contribution is 5.18. The molecule has 0 bridgehead atoms. The molecule has 0 radical (unpaired) electrons. The van der Waals surface area contributed by atoms with E-state index in [0.717, 1.165) is 12.5 Å². The van der Waals surface area contributed by atoms with E-state index in [1.165, 1.54) is 37.8 Å². The predicted molar refractivity (Wildman–Crippen MR) is 69.7 cm³/mol. The molecule has 1 N–H and O–H groups in total. The average Bonchev–Trinajstić information content (AvgIpc) is 3.13. The molecule has 16 heavy (non-hydrogen) atoms. The maximum atomic E-state index is 3.56. The lowest BCUT2D eigenvalue weighted by Crippen LogP contribution is -2.18. The zero-order chi connectivity index (χ0) is 11.2. The highest BCUT2D eigenvalue weighted by Crippen LogP contribution is 2.31. The van der Waals surface area contributed by atoms with Gasteiger partial charge in [0.1, 0.15) is 0 Å². The van der Waals surface area contributed by atoms with Crippen molar-refractivity contribution in [1.29, 1.82) is 0 Å². The molecule has 88 valence electrons. The van der Waals surface area contributed by atoms with Gasteiger partial charge in [0, 0.05) is 0 Å². The summed E-state index contributed by atoms with van der Waals surface area (Å²) in [6.45, 7) is 4.69. The van der Waals surface area contributed by atoms with E-state index in [1.54, 1.807) is 0 Å². The first-order valence-electron chi connectivity index (χ1n) is 6.62. The van der Waals surface area contributed by atoms with Gasteiger partial charge in [0.05, 0.1) is 0 Å². The molecular weight excluding hydrogens is 194 g/mol. The van der Waals surface area contributed by atoms with Crippen molar-refractivity contribution in [3.05, 3.63) is 35.9 Å². The molecule has 0 spiro atoms. The normalized spacial score (nSPS) is 17.3. The number of rotatable bonds is 7. The quantitative estimate of drug-likeness (QED) is 0.688. The van der Waals surface area contributed by atoms with Crippen molar-refractivity contribution in [1.82, 2.24) is 5.32 Å². The second kappa shape index (κ2) is 6.05. The van der Waals surface area contributed by atoms with Crippen molar-refractivity contribution in [2.75, 3.05) is 13.1 Å². The van der Waals surface area contributed by atoms with Crippen molar-refractivity contribution >= 4 is 0 Å². The fraction of sp³-hybridized carbons (Fsp3) is 0.600. The molecule has 1 aromatic carbocycles. The summed E-state index contributed by atoms with van der Waals surface area (Å²) in [5.41, 5.74) is 1.46. The first-order chi connectivity index (χ1) is 7.86. The van der Waals surface area contributed by atoms with Gasteiger partial charge in [-0.1, -0.05) is 50.1 Å². The Morgan fingerprint density at radius 3 is 2.62 bits per heavy atom. The minimum atomic E-state index is 0.676. The molecule has 1 saturated carbocycles. The Hall–Kier alpha value is -0.820. The maximum Gasteiger partial charge on any atom is -0.00432 e. The molecule has 1 unspecified atom stereocenters. The van der Waals surface area contributed by atoms with Gasteiger partial charge >= 0.3 is 0 Å². The van der Waals surface area contributed by atoms with E-state index in [2.05, 4.69) is 42.6 Å². The first-order valence-corrected chi connectivity index (χ1v) is 6.62. The van der Waals surface area contributed by atoms with Crippen LogP contribution in [0.4, 0.5) is 0 Å². The SMILES string of the molecule is CC(CCNCCC1CC1)c1ccccc1. The Morgan fingerprint density at radius 2 is 1.94 bits per heavy atom. The number of nitrogens with one attached hydrogen (secondary N) is 1. The van der Waals surface area contributed by atoms with Gasteiger partial charge in [0.15, 0.2) is 0 Å². The Labute approximate surface area is 99.3 Å². The van der Waals surface area contributed by atoms with Gasteiger partial charge in [-0.25, -0.2) is 0 Å². The second-order valence-electron chi connectivity index (χ2n) is 5.08. The summed E-state index contributed by atoms with van der Waals surface area (Å²) in [5, 5.41) is 3.56. The van der Waals surface area contributed by atoms with Crippen molar-refractivity contribution in [3.8, 4) is 0 Å². The standard InChI is InChI=1S/C15H23N/c1-13(15-5-3-2-4-6-15)9-11-16-12-10-14-7-8-14/h2-6,13-14,16H,7-12H2,1H3. The Bertz CT molecular complexity index is 290. The minimum Gasteiger partial charge on any atom is -0.317 e. The lowest BCUT2D eigenvalue weighted by Gasteiger charge is -2.12. The molecule has 0 saturated heterocycles. The molecule has 1 aromatic rings. The molecule has 1 aliphatic rings. The highest BCUT2D eigenvalue weighted by atomic mass is 14.8. The zero-order valence-corrected chi connectivity index (χ0v) is 10.3. The van der Waals surface area contributed by atoms with Crippen molar-refractivity contribution < 1.29 is 0 Å². The molecule has 0 heterocycles. The third-order valence-electron chi connectivity index (χ3n) is 3.55. The van der Waals surface area contributed by atoms with Crippen LogP contribution in [0, 0.1) is 5.92 Å². The monoisotopic (exact) mass is 217 g/mol. The highest BCUT2D eigenvalue weighted by Gasteiger charge is 2.19. The molecule has 0 amide bonds. The average molecular weight is 217 g/mol. The van der Waals surface area contributed by atoms with E-state index < -0.39 is 0 Å². The van der Waals surface area contributed by atoms with Crippen LogP contribution >= 0.6 is 0 Å². The maximum absolute atomic E-state index is 3.56. The third kappa shape index (κ3) is 3.97. The Morgan fingerprint density at radius 1 is 1.19 bits per heavy atom. The molecule has 1 atom stereocenters. The van der Waals surface area contributed by atoms with Crippen LogP contribution in [0.5, 0.6) is 0 Å². The summed E-state index contributed by atoms with van der Waals surface area (Å²) >= 11 is 0. The van der Waals surface area contributed by atoms with E-state index in [0.29, 0.717) is 5.92 Å². The van der Waals surface area contributed by atoms with Gasteiger partial charge in [-0.15, -0.1) is 0 Å². The lowest BCUT2D eigenvalue weighted by molar-refractivity contribution is 0.565. The minimum absolute atomic E-state index is 0.676. The molecular formula is C15H23N. The molecule has 1 fully saturated rings. The third-order valence-corrected chi connectivity index (χ3v) is 3.55. The molecule has 0 aromatic heterocycles. The van der Waals surface area contributed by atoms with Crippen LogP contribution in [0.15, 0.2) is 30.3 Å². The summed E-state index contributed by atoms with van der Waals surface area (Å²) in [6.07, 6.45) is 5.58. The van der Waals surface area contributed by atoms with Crippen LogP contribution in [-0.2, 0) is 0 Å². The first kappa shape index (κ1) is 11.7. The summed E-state index contributed by atoms with van der Waals surface area (Å²) in [5.74, 6) is 1.73. The van der Waals surface area contributed by atoms with Crippen LogP contribution < -0.4 is 5.32 Å². The van der Waals surface area contributed by atoms with Crippen molar-refractivity contribution in [2.24, 2.45) is 5.92 Å². The lowest BCUT2D eigenvalue weighted by atomic mass is 9.98. The Kier molecular flexibility index (Phi) is 4.41. The van der Waals surface area contributed by atoms with E-state index in [9.17, 15) is 0 Å². The van der Waals surface area contributed by atoms with Gasteiger partial charge in [-0.3, -0.25) is 0 Å². The molecule has 2 rings (SSSR count). The van der Waals surface area contributed by atoms with Gasteiger partial charge in [0.2, 0.25) is 0 Å². The number of hydrogen-bond acceptors (Lipinski definition) is 1. The van der Waals surface area contributed by atoms with Gasteiger partial charge < -0.3 is 5.32 Å². The summed E-state index contributed by atoms with van der Waals surface area (Å²) < 4.78 is 0. The predicted octanol–water partition coefficient (Wildman–Crippen LogP) is 3.57. The molecule has 0 aliphatic heterocycles. The van der Waals surface area contributed by atoms with Gasteiger partial charge in [0.25, 0.3) is 0 Å². The summed E-state index contributed by atoms with van der Waals surface area (Å²) in [4.78, 5) is 0. The smallest absolute Gasteiger partial charge is 0.00432 e. The second-order valence-corrected chi connectivity index (χ2v) is 5.08. The number of benzene rings is 1. The molecule has 1 aliphatic carbocycles. The van der Waals surface area contributed by atoms with E-state index in [1.807, 2.05) is 0 Å². The van der Waals surface area contributed by atoms with E-state index >= 15 is 0 Å². The molecule has 1 heteroatoms. The van der Waals surface area contributed by atoms with E-state index in [-0.39, 0.29) is 0 Å². The van der Waals surface area contributed by atoms with Gasteiger partial charge in [-0.05, 0) is 43.3 Å². The van der Waals surface area contributed by atoms with Crippen LogP contribution in [0.1, 0.15) is 44.1 Å². The fourth-order valence-electron chi connectivity index (χ4n) is 2.10. The molecule has 1 nitrogen and oxygen atoms in total. The van der Waals surface area contributed by atoms with Crippen LogP contribution in [0.25, 0.3) is 0 Å². The number of hydrogen-bond donors (Lipinski definition) is 1. The Balaban J connectivity index is 1.58. The zero-order valence-electron chi connectivity index (χ0n) is 10.3. The topological polar surface area (TPSA) is 12.0 Å². The summed E-state index contributed by atoms with van der Waals surface area (Å²) in [7, 11) is 0. The summed E-state index contributed by atoms with van der Waals surface area (Å²) in [6, 6.07) is 10.8. The van der Waals surface area contributed by atoms with Crippen LogP contribution in [-0.4, -0.2) is 13.1 Å². The van der Waals surface area contributed by atoms with Crippen LogP contribution in [0.2, 0.25) is 0 Å².